The smallest absolute Gasteiger partial charge is 0.189 e. The van der Waals surface area contributed by atoms with Gasteiger partial charge in [-0.25, -0.2) is 0 Å². The molecule has 4 atom stereocenters. The summed E-state index contributed by atoms with van der Waals surface area (Å²) < 4.78 is 7.10. The Morgan fingerprint density at radius 3 is 2.85 bits per heavy atom. The maximum atomic E-state index is 13.0. The van der Waals surface area contributed by atoms with Gasteiger partial charge in [0.2, 0.25) is 0 Å². The first-order valence-electron chi connectivity index (χ1n) is 7.57. The zero-order valence-electron chi connectivity index (χ0n) is 12.2. The molecule has 2 aliphatic carbocycles. The van der Waals surface area contributed by atoms with Crippen LogP contribution in [0.5, 0.6) is 5.75 Å². The van der Waals surface area contributed by atoms with Crippen LogP contribution in [0.3, 0.4) is 0 Å². The average molecular weight is 277 g/mol. The summed E-state index contributed by atoms with van der Waals surface area (Å²) in [6.45, 7) is 2.81. The molecular weight excluding hydrogens is 254 g/mol. The fourth-order valence-corrected chi connectivity index (χ4v) is 4.03. The summed E-state index contributed by atoms with van der Waals surface area (Å²) in [5.41, 5.74) is 6.91. The maximum absolute atomic E-state index is 13.0. The molecule has 0 aromatic carbocycles. The van der Waals surface area contributed by atoms with Crippen LogP contribution in [0.4, 0.5) is 0 Å². The molecule has 4 unspecified atom stereocenters. The van der Waals surface area contributed by atoms with E-state index in [1.165, 1.54) is 6.42 Å². The molecule has 2 aliphatic rings. The maximum Gasteiger partial charge on any atom is 0.189 e. The van der Waals surface area contributed by atoms with Crippen LogP contribution in [-0.4, -0.2) is 28.7 Å². The van der Waals surface area contributed by atoms with E-state index in [0.29, 0.717) is 23.3 Å². The van der Waals surface area contributed by atoms with Crippen LogP contribution >= 0.6 is 0 Å². The molecule has 0 radical (unpaired) electrons. The Hall–Kier alpha value is -1.36. The zero-order chi connectivity index (χ0) is 14.3. The lowest BCUT2D eigenvalue weighted by Crippen LogP contribution is -2.41. The predicted molar refractivity (Wildman–Crippen MR) is 75.7 cm³/mol. The summed E-state index contributed by atoms with van der Waals surface area (Å²) in [7, 11) is 1.59. The predicted octanol–water partition coefficient (Wildman–Crippen LogP) is 1.86. The molecule has 0 saturated heterocycles. The highest BCUT2D eigenvalue weighted by molar-refractivity contribution is 5.99. The second-order valence-electron chi connectivity index (χ2n) is 6.09. The Balaban J connectivity index is 1.92. The van der Waals surface area contributed by atoms with Crippen molar-refractivity contribution < 1.29 is 9.53 Å². The molecule has 2 saturated carbocycles. The Morgan fingerprint density at radius 2 is 2.25 bits per heavy atom. The Morgan fingerprint density at radius 1 is 1.50 bits per heavy atom. The molecule has 2 bridgehead atoms. The van der Waals surface area contributed by atoms with Crippen LogP contribution in [-0.2, 0) is 6.54 Å². The number of aromatic nitrogens is 2. The highest BCUT2D eigenvalue weighted by atomic mass is 16.5. The molecule has 2 fully saturated rings. The molecule has 0 aliphatic heterocycles. The number of nitrogens with two attached hydrogens (primary N) is 1. The highest BCUT2D eigenvalue weighted by Gasteiger charge is 2.50. The molecule has 1 aromatic heterocycles. The minimum absolute atomic E-state index is 0.0101. The van der Waals surface area contributed by atoms with Gasteiger partial charge in [0.15, 0.2) is 11.5 Å². The number of methoxy groups -OCH3 is 1. The van der Waals surface area contributed by atoms with Gasteiger partial charge < -0.3 is 10.5 Å². The first-order valence-corrected chi connectivity index (χ1v) is 7.57. The van der Waals surface area contributed by atoms with Gasteiger partial charge in [0.1, 0.15) is 5.69 Å². The van der Waals surface area contributed by atoms with Crippen molar-refractivity contribution in [3.63, 3.8) is 0 Å². The van der Waals surface area contributed by atoms with Crippen molar-refractivity contribution in [2.45, 2.75) is 45.2 Å². The molecule has 5 heteroatoms. The van der Waals surface area contributed by atoms with Crippen molar-refractivity contribution in [1.82, 2.24) is 9.78 Å². The molecule has 2 N–H and O–H groups in total. The molecule has 1 heterocycles. The Bertz CT molecular complexity index is 509. The van der Waals surface area contributed by atoms with Crippen LogP contribution in [0.2, 0.25) is 0 Å². The van der Waals surface area contributed by atoms with Crippen molar-refractivity contribution in [3.05, 3.63) is 11.9 Å². The third-order valence-corrected chi connectivity index (χ3v) is 4.98. The van der Waals surface area contributed by atoms with E-state index < -0.39 is 0 Å². The summed E-state index contributed by atoms with van der Waals surface area (Å²) in [6, 6.07) is 0.0101. The Labute approximate surface area is 119 Å². The van der Waals surface area contributed by atoms with Gasteiger partial charge in [-0.15, -0.1) is 0 Å². The number of hydrogen-bond acceptors (Lipinski definition) is 4. The number of fused-ring (bicyclic) bond motifs is 2. The normalized spacial score (nSPS) is 31.8. The molecule has 3 rings (SSSR count). The average Bonchev–Trinajstić information content (AvgIpc) is 3.12. The SMILES string of the molecule is CCCn1ncc(OC)c1C(=O)C1C2CCC(C2)C1N. The van der Waals surface area contributed by atoms with Crippen LogP contribution < -0.4 is 10.5 Å². The van der Waals surface area contributed by atoms with Gasteiger partial charge in [0.25, 0.3) is 0 Å². The minimum Gasteiger partial charge on any atom is -0.493 e. The number of ketones is 1. The molecule has 1 aromatic rings. The van der Waals surface area contributed by atoms with Gasteiger partial charge in [-0.1, -0.05) is 6.92 Å². The van der Waals surface area contributed by atoms with Crippen LogP contribution in [0, 0.1) is 17.8 Å². The van der Waals surface area contributed by atoms with Crippen molar-refractivity contribution in [2.75, 3.05) is 7.11 Å². The quantitative estimate of drug-likeness (QED) is 0.834. The Kier molecular flexibility index (Phi) is 3.54. The second kappa shape index (κ2) is 5.20. The number of carbonyl (C=O) groups is 1. The van der Waals surface area contributed by atoms with E-state index in [4.69, 9.17) is 10.5 Å². The monoisotopic (exact) mass is 277 g/mol. The topological polar surface area (TPSA) is 70.1 Å². The fraction of sp³-hybridized carbons (Fsp3) is 0.733. The van der Waals surface area contributed by atoms with Crippen molar-refractivity contribution in [3.8, 4) is 5.75 Å². The number of nitrogens with zero attached hydrogens (tertiary/aromatic N) is 2. The lowest BCUT2D eigenvalue weighted by atomic mass is 9.81. The van der Waals surface area contributed by atoms with Gasteiger partial charge in [-0.3, -0.25) is 9.48 Å². The minimum atomic E-state index is -0.0463. The van der Waals surface area contributed by atoms with Gasteiger partial charge in [0.05, 0.1) is 13.3 Å². The summed E-state index contributed by atoms with van der Waals surface area (Å²) in [5.74, 6) is 1.65. The largest absolute Gasteiger partial charge is 0.493 e. The van der Waals surface area contributed by atoms with E-state index in [1.54, 1.807) is 18.0 Å². The third kappa shape index (κ3) is 1.95. The summed E-state index contributed by atoms with van der Waals surface area (Å²) in [5, 5.41) is 4.29. The van der Waals surface area contributed by atoms with E-state index in [9.17, 15) is 4.79 Å². The molecule has 0 amide bonds. The molecule has 5 nitrogen and oxygen atoms in total. The fourth-order valence-electron chi connectivity index (χ4n) is 4.03. The van der Waals surface area contributed by atoms with E-state index in [1.807, 2.05) is 0 Å². The third-order valence-electron chi connectivity index (χ3n) is 4.98. The van der Waals surface area contributed by atoms with Crippen molar-refractivity contribution in [2.24, 2.45) is 23.5 Å². The van der Waals surface area contributed by atoms with Crippen LogP contribution in [0.1, 0.15) is 43.1 Å². The molecular formula is C15H23N3O2. The summed E-state index contributed by atoms with van der Waals surface area (Å²) >= 11 is 0. The number of rotatable bonds is 5. The van der Waals surface area contributed by atoms with Crippen LogP contribution in [0.25, 0.3) is 0 Å². The van der Waals surface area contributed by atoms with Gasteiger partial charge >= 0.3 is 0 Å². The highest BCUT2D eigenvalue weighted by Crippen LogP contribution is 2.49. The second-order valence-corrected chi connectivity index (χ2v) is 6.09. The molecule has 0 spiro atoms. The van der Waals surface area contributed by atoms with E-state index in [0.717, 1.165) is 25.8 Å². The number of carbonyl (C=O) groups excluding carboxylic acids is 1. The lowest BCUT2D eigenvalue weighted by Gasteiger charge is -2.27. The first-order chi connectivity index (χ1) is 9.67. The number of ether oxygens (including phenoxy) is 1. The van der Waals surface area contributed by atoms with Gasteiger partial charge in [-0.2, -0.15) is 5.10 Å². The summed E-state index contributed by atoms with van der Waals surface area (Å²) in [4.78, 5) is 13.0. The molecule has 110 valence electrons. The lowest BCUT2D eigenvalue weighted by molar-refractivity contribution is 0.0841. The first kappa shape index (κ1) is 13.6. The zero-order valence-corrected chi connectivity index (χ0v) is 12.2. The van der Waals surface area contributed by atoms with Crippen molar-refractivity contribution >= 4 is 5.78 Å². The van der Waals surface area contributed by atoms with Crippen LogP contribution in [0.15, 0.2) is 6.20 Å². The van der Waals surface area contributed by atoms with E-state index >= 15 is 0 Å². The van der Waals surface area contributed by atoms with Gasteiger partial charge in [0, 0.05) is 18.5 Å². The standard InChI is InChI=1S/C15H23N3O2/c1-3-6-18-14(11(20-2)8-17-18)15(19)12-9-4-5-10(7-9)13(12)16/h8-10,12-13H,3-7,16H2,1-2H3. The number of aryl methyl sites for hydroxylation is 1. The van der Waals surface area contributed by atoms with E-state index in [-0.39, 0.29) is 17.7 Å². The number of hydrogen-bond donors (Lipinski definition) is 1. The molecule has 20 heavy (non-hydrogen) atoms. The number of Topliss-reactive ketones (excluding diaryl/α,β-unsaturated/α-hetero) is 1. The summed E-state index contributed by atoms with van der Waals surface area (Å²) in [6.07, 6.45) is 6.01. The van der Waals surface area contributed by atoms with E-state index in [2.05, 4.69) is 12.0 Å². The van der Waals surface area contributed by atoms with Gasteiger partial charge in [-0.05, 0) is 37.5 Å². The van der Waals surface area contributed by atoms with Crippen molar-refractivity contribution in [1.29, 1.82) is 0 Å².